The lowest BCUT2D eigenvalue weighted by Gasteiger charge is -2.11. The number of hydrogen-bond acceptors (Lipinski definition) is 3. The highest BCUT2D eigenvalue weighted by molar-refractivity contribution is 7.17. The number of fused-ring (bicyclic) bond motifs is 3. The Labute approximate surface area is 136 Å². The fourth-order valence-electron chi connectivity index (χ4n) is 3.04. The monoisotopic (exact) mass is 321 g/mol. The molecule has 114 valence electrons. The molecule has 0 saturated carbocycles. The molecule has 0 aliphatic heterocycles. The number of pyridine rings is 1. The average molecular weight is 321 g/mol. The molecule has 0 bridgehead atoms. The van der Waals surface area contributed by atoms with Gasteiger partial charge in [0, 0.05) is 21.9 Å². The van der Waals surface area contributed by atoms with E-state index in [0.717, 1.165) is 33.8 Å². The summed E-state index contributed by atoms with van der Waals surface area (Å²) in [4.78, 5) is 15.1. The number of nitrogens with one attached hydrogen (secondary N) is 1. The molecule has 0 aliphatic carbocycles. The lowest BCUT2D eigenvalue weighted by Crippen LogP contribution is -2.04. The number of rotatable bonds is 2. The summed E-state index contributed by atoms with van der Waals surface area (Å²) in [6.07, 6.45) is 0.976. The van der Waals surface area contributed by atoms with Crippen LogP contribution in [0.3, 0.4) is 0 Å². The van der Waals surface area contributed by atoms with Gasteiger partial charge in [-0.2, -0.15) is 0 Å². The first kappa shape index (κ1) is 14.0. The van der Waals surface area contributed by atoms with E-state index in [4.69, 9.17) is 0 Å². The number of phenols is 1. The zero-order valence-electron chi connectivity index (χ0n) is 12.6. The number of thiophene rings is 1. The quantitative estimate of drug-likeness (QED) is 0.563. The van der Waals surface area contributed by atoms with Crippen LogP contribution in [0.1, 0.15) is 12.5 Å². The molecule has 0 atom stereocenters. The lowest BCUT2D eigenvalue weighted by atomic mass is 9.96. The molecule has 0 spiro atoms. The van der Waals surface area contributed by atoms with Gasteiger partial charge in [0.15, 0.2) is 0 Å². The Balaban J connectivity index is 2.14. The van der Waals surface area contributed by atoms with Crippen LogP contribution in [-0.4, -0.2) is 10.1 Å². The predicted octanol–water partition coefficient (Wildman–Crippen LogP) is 4.68. The molecule has 0 saturated heterocycles. The number of aryl methyl sites for hydroxylation is 1. The zero-order chi connectivity index (χ0) is 16.0. The molecular formula is C19H15NO2S. The minimum absolute atomic E-state index is 0.0829. The highest BCUT2D eigenvalue weighted by atomic mass is 32.1. The van der Waals surface area contributed by atoms with Crippen LogP contribution < -0.4 is 5.56 Å². The SMILES string of the molecule is CCc1ccc(-c2c(O)ccc3[nH]c(=O)c4sccc4c23)cc1. The average Bonchev–Trinajstić information content (AvgIpc) is 3.06. The first-order chi connectivity index (χ1) is 11.2. The molecule has 4 aromatic rings. The van der Waals surface area contributed by atoms with Gasteiger partial charge in [0.2, 0.25) is 0 Å². The van der Waals surface area contributed by atoms with Gasteiger partial charge in [0.05, 0.1) is 0 Å². The van der Waals surface area contributed by atoms with Crippen LogP contribution in [0, 0.1) is 0 Å². The third-order valence-electron chi connectivity index (χ3n) is 4.22. The summed E-state index contributed by atoms with van der Waals surface area (Å²) in [5.74, 6) is 0.223. The number of aromatic amines is 1. The summed E-state index contributed by atoms with van der Waals surface area (Å²) in [6.45, 7) is 2.12. The topological polar surface area (TPSA) is 53.1 Å². The standard InChI is InChI=1S/C19H15NO2S/c1-2-11-3-5-12(6-4-11)16-15(21)8-7-14-17(16)13-9-10-23-18(13)19(22)20-14/h3-10,21H,2H2,1H3,(H,20,22). The second-order valence-electron chi connectivity index (χ2n) is 5.55. The van der Waals surface area contributed by atoms with Gasteiger partial charge in [-0.3, -0.25) is 4.79 Å². The molecular weight excluding hydrogens is 306 g/mol. The molecule has 0 amide bonds. The molecule has 4 heteroatoms. The smallest absolute Gasteiger partial charge is 0.266 e. The largest absolute Gasteiger partial charge is 0.507 e. The van der Waals surface area contributed by atoms with Crippen LogP contribution in [0.5, 0.6) is 5.75 Å². The van der Waals surface area contributed by atoms with Crippen molar-refractivity contribution >= 4 is 32.3 Å². The first-order valence-electron chi connectivity index (χ1n) is 7.53. The molecule has 0 radical (unpaired) electrons. The van der Waals surface area contributed by atoms with Crippen molar-refractivity contribution in [2.45, 2.75) is 13.3 Å². The van der Waals surface area contributed by atoms with Gasteiger partial charge in [0.1, 0.15) is 10.4 Å². The van der Waals surface area contributed by atoms with E-state index in [9.17, 15) is 9.90 Å². The Morgan fingerprint density at radius 2 is 1.87 bits per heavy atom. The number of benzene rings is 2. The molecule has 23 heavy (non-hydrogen) atoms. The number of hydrogen-bond donors (Lipinski definition) is 2. The Bertz CT molecular complexity index is 1070. The van der Waals surface area contributed by atoms with Gasteiger partial charge >= 0.3 is 0 Å². The number of aromatic hydroxyl groups is 1. The second kappa shape index (κ2) is 5.25. The minimum Gasteiger partial charge on any atom is -0.507 e. The summed E-state index contributed by atoms with van der Waals surface area (Å²) in [6, 6.07) is 13.5. The van der Waals surface area contributed by atoms with E-state index >= 15 is 0 Å². The van der Waals surface area contributed by atoms with E-state index in [1.807, 2.05) is 23.6 Å². The van der Waals surface area contributed by atoms with E-state index in [-0.39, 0.29) is 11.3 Å². The van der Waals surface area contributed by atoms with E-state index in [1.54, 1.807) is 12.1 Å². The highest BCUT2D eigenvalue weighted by Crippen LogP contribution is 2.39. The van der Waals surface area contributed by atoms with Gasteiger partial charge in [-0.25, -0.2) is 0 Å². The van der Waals surface area contributed by atoms with E-state index in [0.29, 0.717) is 4.70 Å². The van der Waals surface area contributed by atoms with Crippen molar-refractivity contribution in [3.8, 4) is 16.9 Å². The van der Waals surface area contributed by atoms with E-state index in [1.165, 1.54) is 16.9 Å². The van der Waals surface area contributed by atoms with Crippen molar-refractivity contribution < 1.29 is 5.11 Å². The fourth-order valence-corrected chi connectivity index (χ4v) is 3.83. The molecule has 0 aliphatic rings. The molecule has 4 rings (SSSR count). The maximum Gasteiger partial charge on any atom is 0.266 e. The third-order valence-corrected chi connectivity index (χ3v) is 5.14. The van der Waals surface area contributed by atoms with Crippen molar-refractivity contribution in [3.05, 3.63) is 63.8 Å². The molecule has 2 heterocycles. The third kappa shape index (κ3) is 2.14. The second-order valence-corrected chi connectivity index (χ2v) is 6.47. The highest BCUT2D eigenvalue weighted by Gasteiger charge is 2.15. The minimum atomic E-state index is -0.0829. The number of H-pyrrole nitrogens is 1. The summed E-state index contributed by atoms with van der Waals surface area (Å²) in [5.41, 5.74) is 3.63. The van der Waals surface area contributed by atoms with Gasteiger partial charge in [-0.05, 0) is 41.1 Å². The van der Waals surface area contributed by atoms with Gasteiger partial charge in [-0.15, -0.1) is 11.3 Å². The van der Waals surface area contributed by atoms with Crippen LogP contribution in [0.25, 0.3) is 32.1 Å². The molecule has 0 fully saturated rings. The summed E-state index contributed by atoms with van der Waals surface area (Å²) in [7, 11) is 0. The van der Waals surface area contributed by atoms with Crippen molar-refractivity contribution in [2.75, 3.05) is 0 Å². The van der Waals surface area contributed by atoms with Gasteiger partial charge in [0.25, 0.3) is 5.56 Å². The molecule has 3 nitrogen and oxygen atoms in total. The van der Waals surface area contributed by atoms with Crippen molar-refractivity contribution in [1.29, 1.82) is 0 Å². The van der Waals surface area contributed by atoms with E-state index in [2.05, 4.69) is 24.0 Å². The van der Waals surface area contributed by atoms with Crippen LogP contribution in [0.15, 0.2) is 52.6 Å². The van der Waals surface area contributed by atoms with Crippen LogP contribution >= 0.6 is 11.3 Å². The van der Waals surface area contributed by atoms with Crippen molar-refractivity contribution in [3.63, 3.8) is 0 Å². The Morgan fingerprint density at radius 1 is 1.09 bits per heavy atom. The molecule has 2 aromatic carbocycles. The van der Waals surface area contributed by atoms with Gasteiger partial charge < -0.3 is 10.1 Å². The van der Waals surface area contributed by atoms with Crippen LogP contribution in [0.4, 0.5) is 0 Å². The Morgan fingerprint density at radius 3 is 2.61 bits per heavy atom. The van der Waals surface area contributed by atoms with Crippen molar-refractivity contribution in [1.82, 2.24) is 4.98 Å². The van der Waals surface area contributed by atoms with Crippen LogP contribution in [-0.2, 0) is 6.42 Å². The number of aromatic nitrogens is 1. The van der Waals surface area contributed by atoms with E-state index < -0.39 is 0 Å². The first-order valence-corrected chi connectivity index (χ1v) is 8.41. The molecule has 2 N–H and O–H groups in total. The maximum absolute atomic E-state index is 12.2. The summed E-state index contributed by atoms with van der Waals surface area (Å²) < 4.78 is 0.689. The fraction of sp³-hybridized carbons (Fsp3) is 0.105. The normalized spacial score (nSPS) is 11.3. The molecule has 2 aromatic heterocycles. The molecule has 0 unspecified atom stereocenters. The Kier molecular flexibility index (Phi) is 3.20. The maximum atomic E-state index is 12.2. The van der Waals surface area contributed by atoms with Crippen LogP contribution in [0.2, 0.25) is 0 Å². The zero-order valence-corrected chi connectivity index (χ0v) is 13.4. The lowest BCUT2D eigenvalue weighted by molar-refractivity contribution is 0.478. The summed E-state index contributed by atoms with van der Waals surface area (Å²) >= 11 is 1.42. The summed E-state index contributed by atoms with van der Waals surface area (Å²) in [5, 5.41) is 14.2. The predicted molar refractivity (Wildman–Crippen MR) is 96.4 cm³/mol. The van der Waals surface area contributed by atoms with Gasteiger partial charge in [-0.1, -0.05) is 31.2 Å². The number of phenolic OH excluding ortho intramolecular Hbond substituents is 1. The van der Waals surface area contributed by atoms with Crippen molar-refractivity contribution in [2.24, 2.45) is 0 Å². The Hall–Kier alpha value is -2.59.